The molecule has 0 bridgehead atoms. The Morgan fingerprint density at radius 2 is 1.96 bits per heavy atom. The van der Waals surface area contributed by atoms with Crippen molar-refractivity contribution in [3.63, 3.8) is 0 Å². The number of fused-ring (bicyclic) bond motifs is 1. The topological polar surface area (TPSA) is 259 Å². The Balaban J connectivity index is 1.18. The molecule has 3 aromatic heterocycles. The second kappa shape index (κ2) is 14.5. The summed E-state index contributed by atoms with van der Waals surface area (Å²) < 4.78 is 52.0. The van der Waals surface area contributed by atoms with Gasteiger partial charge in [0.2, 0.25) is 0 Å². The van der Waals surface area contributed by atoms with Crippen molar-refractivity contribution in [1.29, 1.82) is 0 Å². The van der Waals surface area contributed by atoms with Gasteiger partial charge in [-0.3, -0.25) is 23.1 Å². The molecule has 21 heteroatoms. The van der Waals surface area contributed by atoms with E-state index in [9.17, 15) is 19.6 Å². The maximum atomic E-state index is 14.3. The molecule has 6 rings (SSSR count). The van der Waals surface area contributed by atoms with Crippen molar-refractivity contribution in [2.45, 2.75) is 49.4 Å². The van der Waals surface area contributed by atoms with Crippen LogP contribution in [0.4, 0.5) is 11.6 Å². The van der Waals surface area contributed by atoms with Crippen molar-refractivity contribution in [1.82, 2.24) is 39.1 Å². The molecule has 3 fully saturated rings. The van der Waals surface area contributed by atoms with Crippen LogP contribution in [0.1, 0.15) is 18.9 Å². The molecule has 0 amide bonds. The molecule has 0 radical (unpaired) electrons. The predicted octanol–water partition coefficient (Wildman–Crippen LogP) is -1.77. The summed E-state index contributed by atoms with van der Waals surface area (Å²) in [6.07, 6.45) is -2.51. The summed E-state index contributed by atoms with van der Waals surface area (Å²) in [5.74, 6) is 0.227. The number of morpholine rings is 1. The van der Waals surface area contributed by atoms with E-state index in [2.05, 4.69) is 29.9 Å². The highest BCUT2D eigenvalue weighted by molar-refractivity contribution is 7.51. The van der Waals surface area contributed by atoms with Crippen molar-refractivity contribution in [3.05, 3.63) is 35.4 Å². The molecule has 3 aromatic rings. The third-order valence-corrected chi connectivity index (χ3v) is 9.94. The minimum atomic E-state index is -4.16. The Labute approximate surface area is 268 Å². The lowest BCUT2D eigenvalue weighted by atomic mass is 10.1. The van der Waals surface area contributed by atoms with Crippen LogP contribution in [0.2, 0.25) is 0 Å². The maximum absolute atomic E-state index is 14.3. The van der Waals surface area contributed by atoms with Crippen LogP contribution in [0.3, 0.4) is 0 Å². The Hall–Kier alpha value is -3.14. The summed E-state index contributed by atoms with van der Waals surface area (Å²) in [7, 11) is -2.80. The standard InChI is InChI=1S/C26H39N10O10P/c1-41-22-21(38)17(45-25(22)35-4-2-18(27)33-26(35)39)12-43-47(40,32-3-5-34-6-8-42-9-7-34)46-15-10-19(44-16(15)11-37)36-14-31-20-23(28)29-13-30-24(20)36/h2,4,13-17,19,21-22,25,37-38H,3,5-12H2,1H3,(H,32,40)(H2,27,33,39)(H2,28,29,30)/t15?,16-,17-,19-,21?,22+,25-,47?/m1/s1. The van der Waals surface area contributed by atoms with E-state index in [1.807, 2.05) is 0 Å². The van der Waals surface area contributed by atoms with Crippen LogP contribution in [0.25, 0.3) is 11.2 Å². The molecule has 3 saturated heterocycles. The molecule has 3 aliphatic rings. The van der Waals surface area contributed by atoms with Gasteiger partial charge in [0.25, 0.3) is 0 Å². The summed E-state index contributed by atoms with van der Waals surface area (Å²) >= 11 is 0. The number of anilines is 2. The lowest BCUT2D eigenvalue weighted by Gasteiger charge is -2.29. The van der Waals surface area contributed by atoms with Gasteiger partial charge in [-0.25, -0.2) is 29.4 Å². The van der Waals surface area contributed by atoms with Gasteiger partial charge in [-0.15, -0.1) is 0 Å². The van der Waals surface area contributed by atoms with Crippen LogP contribution in [-0.2, 0) is 32.6 Å². The van der Waals surface area contributed by atoms with Gasteiger partial charge in [-0.1, -0.05) is 0 Å². The molecule has 3 aliphatic heterocycles. The van der Waals surface area contributed by atoms with Crippen molar-refractivity contribution in [3.8, 4) is 0 Å². The number of methoxy groups -OCH3 is 1. The zero-order valence-electron chi connectivity index (χ0n) is 25.6. The zero-order valence-corrected chi connectivity index (χ0v) is 26.5. The fourth-order valence-electron chi connectivity index (χ4n) is 5.81. The van der Waals surface area contributed by atoms with Crippen molar-refractivity contribution in [2.75, 3.05) is 71.2 Å². The lowest BCUT2D eigenvalue weighted by molar-refractivity contribution is -0.0633. The number of nitrogen functional groups attached to an aromatic ring is 2. The summed E-state index contributed by atoms with van der Waals surface area (Å²) in [6.45, 7) is 2.52. The van der Waals surface area contributed by atoms with Gasteiger partial charge in [-0.05, 0) is 6.07 Å². The minimum Gasteiger partial charge on any atom is -0.394 e. The van der Waals surface area contributed by atoms with Crippen LogP contribution in [0, 0.1) is 0 Å². The summed E-state index contributed by atoms with van der Waals surface area (Å²) in [4.78, 5) is 30.8. The smallest absolute Gasteiger partial charge is 0.394 e. The van der Waals surface area contributed by atoms with Gasteiger partial charge in [0.15, 0.2) is 17.7 Å². The second-order valence-electron chi connectivity index (χ2n) is 11.2. The summed E-state index contributed by atoms with van der Waals surface area (Å²) in [5, 5.41) is 24.1. The monoisotopic (exact) mass is 682 g/mol. The number of hydrogen-bond donors (Lipinski definition) is 5. The van der Waals surface area contributed by atoms with E-state index >= 15 is 0 Å². The zero-order chi connectivity index (χ0) is 33.1. The number of imidazole rings is 1. The van der Waals surface area contributed by atoms with Gasteiger partial charge in [0, 0.05) is 45.9 Å². The number of ether oxygens (including phenoxy) is 4. The third kappa shape index (κ3) is 7.32. The SMILES string of the molecule is CO[C@H]1C(O)[C@@H](COP(=O)(NCCN2CCOCC2)OC2C[C@H](n3cnc4c(N)ncnc43)O[C@@H]2CO)O[C@H]1n1ccc(N)nc1=O. The van der Waals surface area contributed by atoms with Crippen LogP contribution in [0.15, 0.2) is 29.7 Å². The predicted molar refractivity (Wildman–Crippen MR) is 163 cm³/mol. The highest BCUT2D eigenvalue weighted by Crippen LogP contribution is 2.49. The highest BCUT2D eigenvalue weighted by atomic mass is 31.2. The van der Waals surface area contributed by atoms with E-state index in [1.54, 1.807) is 4.57 Å². The molecule has 258 valence electrons. The second-order valence-corrected chi connectivity index (χ2v) is 13.0. The first-order valence-electron chi connectivity index (χ1n) is 15.1. The molecule has 8 atom stereocenters. The first-order valence-corrected chi connectivity index (χ1v) is 16.6. The van der Waals surface area contributed by atoms with Crippen molar-refractivity contribution < 1.29 is 42.8 Å². The number of aromatic nitrogens is 6. The average molecular weight is 683 g/mol. The molecule has 7 N–H and O–H groups in total. The van der Waals surface area contributed by atoms with Gasteiger partial charge >= 0.3 is 13.4 Å². The third-order valence-electron chi connectivity index (χ3n) is 8.29. The maximum Gasteiger partial charge on any atom is 0.406 e. The molecular weight excluding hydrogens is 643 g/mol. The lowest BCUT2D eigenvalue weighted by Crippen LogP contribution is -2.40. The Bertz CT molecular complexity index is 1620. The number of nitrogens with two attached hydrogens (primary N) is 2. The van der Waals surface area contributed by atoms with E-state index in [0.717, 1.165) is 4.57 Å². The highest BCUT2D eigenvalue weighted by Gasteiger charge is 2.48. The average Bonchev–Trinajstić information content (AvgIpc) is 3.76. The van der Waals surface area contributed by atoms with Crippen LogP contribution in [0.5, 0.6) is 0 Å². The van der Waals surface area contributed by atoms with E-state index < -0.39 is 69.6 Å². The fourth-order valence-corrected chi connectivity index (χ4v) is 7.34. The molecule has 0 saturated carbocycles. The number of nitrogens with zero attached hydrogens (tertiary/aromatic N) is 7. The Morgan fingerprint density at radius 3 is 2.70 bits per heavy atom. The molecular formula is C26H39N10O10P. The molecule has 6 heterocycles. The Kier molecular flexibility index (Phi) is 10.4. The molecule has 0 aliphatic carbocycles. The molecule has 47 heavy (non-hydrogen) atoms. The van der Waals surface area contributed by atoms with Gasteiger partial charge in [-0.2, -0.15) is 4.98 Å². The summed E-state index contributed by atoms with van der Waals surface area (Å²) in [5.41, 5.74) is 11.7. The van der Waals surface area contributed by atoms with Crippen molar-refractivity contribution in [2.24, 2.45) is 0 Å². The first-order chi connectivity index (χ1) is 22.7. The Morgan fingerprint density at radius 1 is 1.15 bits per heavy atom. The van der Waals surface area contributed by atoms with Gasteiger partial charge in [0.1, 0.15) is 54.4 Å². The molecule has 3 unspecified atom stereocenters. The normalized spacial score (nSPS) is 29.8. The van der Waals surface area contributed by atoms with E-state index in [0.29, 0.717) is 44.0 Å². The first kappa shape index (κ1) is 33.7. The number of aliphatic hydroxyl groups is 2. The quantitative estimate of drug-likeness (QED) is 0.125. The molecule has 0 spiro atoms. The van der Waals surface area contributed by atoms with Crippen LogP contribution < -0.4 is 22.2 Å². The van der Waals surface area contributed by atoms with E-state index in [-0.39, 0.29) is 24.6 Å². The van der Waals surface area contributed by atoms with Crippen LogP contribution >= 0.6 is 7.75 Å². The van der Waals surface area contributed by atoms with Crippen molar-refractivity contribution >= 4 is 30.5 Å². The number of hydrogen-bond acceptors (Lipinski definition) is 17. The molecule has 20 nitrogen and oxygen atoms in total. The van der Waals surface area contributed by atoms with E-state index in [4.69, 9.17) is 39.5 Å². The number of nitrogens with one attached hydrogen (secondary N) is 1. The van der Waals surface area contributed by atoms with Gasteiger partial charge in [0.05, 0.1) is 32.8 Å². The van der Waals surface area contributed by atoms with E-state index in [1.165, 1.54) is 32.0 Å². The minimum absolute atomic E-state index is 0.0258. The van der Waals surface area contributed by atoms with Gasteiger partial charge < -0.3 is 40.6 Å². The molecule has 0 aromatic carbocycles. The fraction of sp³-hybridized carbons (Fsp3) is 0.654. The van der Waals surface area contributed by atoms with Crippen LogP contribution in [-0.4, -0.2) is 134 Å². The number of aliphatic hydroxyl groups excluding tert-OH is 2. The summed E-state index contributed by atoms with van der Waals surface area (Å²) in [6, 6.07) is 1.41. The number of rotatable bonds is 13. The largest absolute Gasteiger partial charge is 0.406 e.